The summed E-state index contributed by atoms with van der Waals surface area (Å²) in [7, 11) is -3.68. The third-order valence-corrected chi connectivity index (χ3v) is 7.61. The number of carbonyl (C=O) groups is 2. The lowest BCUT2D eigenvalue weighted by Gasteiger charge is -2.29. The van der Waals surface area contributed by atoms with E-state index in [4.69, 9.17) is 4.74 Å². The van der Waals surface area contributed by atoms with E-state index in [9.17, 15) is 18.0 Å². The van der Waals surface area contributed by atoms with E-state index in [1.54, 1.807) is 26.8 Å². The fourth-order valence-electron chi connectivity index (χ4n) is 3.68. The van der Waals surface area contributed by atoms with Crippen molar-refractivity contribution in [3.05, 3.63) is 29.3 Å². The second-order valence-electron chi connectivity index (χ2n) is 7.58. The van der Waals surface area contributed by atoms with Gasteiger partial charge in [0, 0.05) is 19.1 Å². The van der Waals surface area contributed by atoms with Crippen molar-refractivity contribution in [2.75, 3.05) is 19.7 Å². The Balaban J connectivity index is 2.06. The fourth-order valence-corrected chi connectivity index (χ4v) is 5.17. The Morgan fingerprint density at radius 1 is 1.17 bits per heavy atom. The third-order valence-electron chi connectivity index (χ3n) is 5.56. The summed E-state index contributed by atoms with van der Waals surface area (Å²) < 4.78 is 31.9. The van der Waals surface area contributed by atoms with Gasteiger partial charge in [-0.1, -0.05) is 39.7 Å². The number of hydrogen-bond acceptors (Lipinski definition) is 5. The second-order valence-corrected chi connectivity index (χ2v) is 9.52. The number of benzene rings is 1. The average Bonchev–Trinajstić information content (AvgIpc) is 2.69. The lowest BCUT2D eigenvalue weighted by molar-refractivity contribution is -0.125. The molecule has 162 valence electrons. The molecule has 0 bridgehead atoms. The molecule has 0 saturated heterocycles. The number of nitrogens with one attached hydrogen (secondary N) is 1. The highest BCUT2D eigenvalue weighted by molar-refractivity contribution is 7.89. The Morgan fingerprint density at radius 3 is 2.45 bits per heavy atom. The molecule has 1 aromatic carbocycles. The zero-order valence-electron chi connectivity index (χ0n) is 17.7. The monoisotopic (exact) mass is 424 g/mol. The molecule has 0 heterocycles. The third kappa shape index (κ3) is 5.79. The molecule has 0 spiro atoms. The average molecular weight is 425 g/mol. The molecular formula is C21H32N2O5S. The number of carbonyl (C=O) groups excluding carboxylic acids is 2. The van der Waals surface area contributed by atoms with E-state index in [0.717, 1.165) is 19.3 Å². The summed E-state index contributed by atoms with van der Waals surface area (Å²) in [4.78, 5) is 24.7. The molecule has 0 aromatic heterocycles. The topological polar surface area (TPSA) is 92.8 Å². The van der Waals surface area contributed by atoms with E-state index in [1.165, 1.54) is 22.9 Å². The number of amides is 1. The molecule has 1 saturated carbocycles. The van der Waals surface area contributed by atoms with Crippen molar-refractivity contribution >= 4 is 21.9 Å². The van der Waals surface area contributed by atoms with Crippen LogP contribution >= 0.6 is 0 Å². The highest BCUT2D eigenvalue weighted by Gasteiger charge is 2.25. The molecule has 0 unspecified atom stereocenters. The Bertz CT molecular complexity index is 833. The van der Waals surface area contributed by atoms with Crippen molar-refractivity contribution in [1.29, 1.82) is 0 Å². The predicted octanol–water partition coefficient (Wildman–Crippen LogP) is 2.88. The van der Waals surface area contributed by atoms with Crippen LogP contribution in [0.5, 0.6) is 0 Å². The first kappa shape index (κ1) is 23.3. The van der Waals surface area contributed by atoms with E-state index in [1.807, 2.05) is 0 Å². The summed E-state index contributed by atoms with van der Waals surface area (Å²) in [5, 5.41) is 2.94. The normalized spacial score (nSPS) is 19.8. The Hall–Kier alpha value is -1.93. The number of sulfonamides is 1. The molecule has 1 fully saturated rings. The van der Waals surface area contributed by atoms with Gasteiger partial charge in [0.2, 0.25) is 10.0 Å². The van der Waals surface area contributed by atoms with Crippen LogP contribution in [0.4, 0.5) is 0 Å². The van der Waals surface area contributed by atoms with Gasteiger partial charge in [-0.3, -0.25) is 4.79 Å². The van der Waals surface area contributed by atoms with Gasteiger partial charge < -0.3 is 10.1 Å². The standard InChI is InChI=1S/C21H32N2O5S/c1-5-23(6-2)29(26,27)17-12-11-15(3)18(13-17)21(25)28-14-20(24)22-19-10-8-7-9-16(19)4/h11-13,16,19H,5-10,14H2,1-4H3,(H,22,24)/t16-,19-/m0/s1. The largest absolute Gasteiger partial charge is 0.452 e. The van der Waals surface area contributed by atoms with Crippen molar-refractivity contribution in [3.8, 4) is 0 Å². The first-order valence-electron chi connectivity index (χ1n) is 10.3. The molecule has 0 radical (unpaired) electrons. The molecule has 2 atom stereocenters. The molecule has 7 nitrogen and oxygen atoms in total. The maximum absolute atomic E-state index is 12.7. The van der Waals surface area contributed by atoms with E-state index < -0.39 is 16.0 Å². The van der Waals surface area contributed by atoms with Crippen LogP contribution in [0.25, 0.3) is 0 Å². The number of aryl methyl sites for hydroxylation is 1. The fraction of sp³-hybridized carbons (Fsp3) is 0.619. The van der Waals surface area contributed by atoms with Crippen LogP contribution in [-0.4, -0.2) is 50.3 Å². The van der Waals surface area contributed by atoms with Gasteiger partial charge in [-0.05, 0) is 43.4 Å². The first-order valence-corrected chi connectivity index (χ1v) is 11.7. The van der Waals surface area contributed by atoms with E-state index in [2.05, 4.69) is 12.2 Å². The van der Waals surface area contributed by atoms with Crippen LogP contribution in [0, 0.1) is 12.8 Å². The molecule has 1 amide bonds. The van der Waals surface area contributed by atoms with E-state index in [0.29, 0.717) is 24.6 Å². The minimum absolute atomic E-state index is 0.0410. The van der Waals surface area contributed by atoms with Crippen LogP contribution in [-0.2, 0) is 19.6 Å². The SMILES string of the molecule is CCN(CC)S(=O)(=O)c1ccc(C)c(C(=O)OCC(=O)N[C@H]2CCCC[C@@H]2C)c1. The summed E-state index contributed by atoms with van der Waals surface area (Å²) in [6.45, 7) is 7.63. The summed E-state index contributed by atoms with van der Waals surface area (Å²) in [6, 6.07) is 4.50. The van der Waals surface area contributed by atoms with Gasteiger partial charge in [0.25, 0.3) is 5.91 Å². The van der Waals surface area contributed by atoms with Gasteiger partial charge in [-0.15, -0.1) is 0 Å². The van der Waals surface area contributed by atoms with Gasteiger partial charge in [-0.2, -0.15) is 4.31 Å². The second kappa shape index (κ2) is 10.2. The zero-order valence-corrected chi connectivity index (χ0v) is 18.5. The number of hydrogen-bond donors (Lipinski definition) is 1. The molecular weight excluding hydrogens is 392 g/mol. The van der Waals surface area contributed by atoms with Crippen LogP contribution in [0.2, 0.25) is 0 Å². The Labute approximate surface area is 173 Å². The minimum atomic E-state index is -3.68. The number of rotatable bonds is 8. The van der Waals surface area contributed by atoms with Crippen molar-refractivity contribution in [2.24, 2.45) is 5.92 Å². The smallest absolute Gasteiger partial charge is 0.338 e. The first-order chi connectivity index (χ1) is 13.7. The summed E-state index contributed by atoms with van der Waals surface area (Å²) in [5.41, 5.74) is 0.742. The van der Waals surface area contributed by atoms with Crippen molar-refractivity contribution in [2.45, 2.75) is 64.3 Å². The Kier molecular flexibility index (Phi) is 8.22. The van der Waals surface area contributed by atoms with Crippen LogP contribution < -0.4 is 5.32 Å². The van der Waals surface area contributed by atoms with Gasteiger partial charge in [0.1, 0.15) is 0 Å². The molecule has 1 aliphatic rings. The van der Waals surface area contributed by atoms with Crippen LogP contribution in [0.3, 0.4) is 0 Å². The van der Waals surface area contributed by atoms with Gasteiger partial charge >= 0.3 is 5.97 Å². The van der Waals surface area contributed by atoms with Crippen molar-refractivity contribution in [3.63, 3.8) is 0 Å². The van der Waals surface area contributed by atoms with Gasteiger partial charge in [0.15, 0.2) is 6.61 Å². The molecule has 0 aliphatic heterocycles. The minimum Gasteiger partial charge on any atom is -0.452 e. The predicted molar refractivity (Wildman–Crippen MR) is 111 cm³/mol. The quantitative estimate of drug-likeness (QED) is 0.648. The van der Waals surface area contributed by atoms with E-state index >= 15 is 0 Å². The molecule has 1 aromatic rings. The molecule has 1 aliphatic carbocycles. The highest BCUT2D eigenvalue weighted by atomic mass is 32.2. The molecule has 2 rings (SSSR count). The lowest BCUT2D eigenvalue weighted by Crippen LogP contribution is -2.42. The van der Waals surface area contributed by atoms with Gasteiger partial charge in [0.05, 0.1) is 10.5 Å². The summed E-state index contributed by atoms with van der Waals surface area (Å²) in [6.07, 6.45) is 4.28. The zero-order chi connectivity index (χ0) is 21.6. The molecule has 1 N–H and O–H groups in total. The van der Waals surface area contributed by atoms with Crippen molar-refractivity contribution in [1.82, 2.24) is 9.62 Å². The maximum atomic E-state index is 12.7. The number of esters is 1. The lowest BCUT2D eigenvalue weighted by atomic mass is 9.86. The van der Waals surface area contributed by atoms with E-state index in [-0.39, 0.29) is 29.0 Å². The molecule has 29 heavy (non-hydrogen) atoms. The Morgan fingerprint density at radius 2 is 1.83 bits per heavy atom. The van der Waals surface area contributed by atoms with Gasteiger partial charge in [-0.25, -0.2) is 13.2 Å². The summed E-state index contributed by atoms with van der Waals surface area (Å²) >= 11 is 0. The van der Waals surface area contributed by atoms with Crippen molar-refractivity contribution < 1.29 is 22.7 Å². The van der Waals surface area contributed by atoms with Crippen LogP contribution in [0.1, 0.15) is 62.4 Å². The highest BCUT2D eigenvalue weighted by Crippen LogP contribution is 2.24. The van der Waals surface area contributed by atoms with Crippen LogP contribution in [0.15, 0.2) is 23.1 Å². The summed E-state index contributed by atoms with van der Waals surface area (Å²) in [5.74, 6) is -0.625. The molecule has 8 heteroatoms. The maximum Gasteiger partial charge on any atom is 0.338 e. The number of ether oxygens (including phenoxy) is 1. The number of nitrogens with zero attached hydrogens (tertiary/aromatic N) is 1.